The number of aliphatic hydroxyl groups is 1. The minimum absolute atomic E-state index is 0.364. The standard InChI is InChI=1S/C15H30O/c1-2-3-4-5-6-7-8-9-10-11-12-13-14-15-16/h5-6,16H,2-4,7-15H2,1H3. The van der Waals surface area contributed by atoms with Crippen molar-refractivity contribution in [1.29, 1.82) is 0 Å². The minimum Gasteiger partial charge on any atom is -0.396 e. The fourth-order valence-corrected chi connectivity index (χ4v) is 1.82. The molecule has 0 aromatic heterocycles. The number of hydrogen-bond donors (Lipinski definition) is 1. The maximum absolute atomic E-state index is 8.62. The Morgan fingerprint density at radius 2 is 1.19 bits per heavy atom. The molecule has 0 aliphatic heterocycles. The van der Waals surface area contributed by atoms with Crippen LogP contribution >= 0.6 is 0 Å². The lowest BCUT2D eigenvalue weighted by Crippen LogP contribution is -1.83. The van der Waals surface area contributed by atoms with Gasteiger partial charge in [0.25, 0.3) is 0 Å². The van der Waals surface area contributed by atoms with Gasteiger partial charge in [-0.05, 0) is 25.7 Å². The molecule has 16 heavy (non-hydrogen) atoms. The molecule has 0 saturated carbocycles. The average Bonchev–Trinajstić information content (AvgIpc) is 2.31. The average molecular weight is 226 g/mol. The number of allylic oxidation sites excluding steroid dienone is 2. The third kappa shape index (κ3) is 13.7. The maximum atomic E-state index is 8.62. The summed E-state index contributed by atoms with van der Waals surface area (Å²) >= 11 is 0. The van der Waals surface area contributed by atoms with Gasteiger partial charge in [0.05, 0.1) is 0 Å². The van der Waals surface area contributed by atoms with Crippen LogP contribution in [0.3, 0.4) is 0 Å². The molecule has 0 unspecified atom stereocenters. The highest BCUT2D eigenvalue weighted by Gasteiger charge is 1.90. The Hall–Kier alpha value is -0.300. The van der Waals surface area contributed by atoms with Crippen molar-refractivity contribution in [2.24, 2.45) is 0 Å². The van der Waals surface area contributed by atoms with Crippen molar-refractivity contribution in [2.45, 2.75) is 77.6 Å². The van der Waals surface area contributed by atoms with Crippen LogP contribution in [0, 0.1) is 0 Å². The largest absolute Gasteiger partial charge is 0.396 e. The second-order valence-corrected chi connectivity index (χ2v) is 4.60. The van der Waals surface area contributed by atoms with Crippen molar-refractivity contribution >= 4 is 0 Å². The first-order chi connectivity index (χ1) is 7.91. The van der Waals surface area contributed by atoms with Crippen molar-refractivity contribution < 1.29 is 5.11 Å². The Morgan fingerprint density at radius 3 is 1.75 bits per heavy atom. The molecule has 0 rings (SSSR count). The third-order valence-electron chi connectivity index (χ3n) is 2.92. The van der Waals surface area contributed by atoms with E-state index in [2.05, 4.69) is 19.1 Å². The number of hydrogen-bond acceptors (Lipinski definition) is 1. The molecule has 0 aromatic rings. The van der Waals surface area contributed by atoms with Gasteiger partial charge in [-0.15, -0.1) is 0 Å². The van der Waals surface area contributed by atoms with Crippen LogP contribution in [-0.2, 0) is 0 Å². The number of unbranched alkanes of at least 4 members (excludes halogenated alkanes) is 9. The molecule has 0 heterocycles. The molecule has 0 aliphatic rings. The van der Waals surface area contributed by atoms with Crippen LogP contribution in [0.25, 0.3) is 0 Å². The first-order valence-electron chi connectivity index (χ1n) is 7.17. The molecule has 0 spiro atoms. The van der Waals surface area contributed by atoms with E-state index < -0.39 is 0 Å². The van der Waals surface area contributed by atoms with Gasteiger partial charge in [0.1, 0.15) is 0 Å². The molecule has 1 N–H and O–H groups in total. The molecule has 1 heteroatoms. The van der Waals surface area contributed by atoms with E-state index in [9.17, 15) is 0 Å². The molecule has 96 valence electrons. The zero-order chi connectivity index (χ0) is 11.9. The summed E-state index contributed by atoms with van der Waals surface area (Å²) in [6.07, 6.45) is 18.8. The number of rotatable bonds is 12. The highest BCUT2D eigenvalue weighted by Crippen LogP contribution is 2.09. The summed E-state index contributed by atoms with van der Waals surface area (Å²) < 4.78 is 0. The quantitative estimate of drug-likeness (QED) is 0.373. The molecular weight excluding hydrogens is 196 g/mol. The second-order valence-electron chi connectivity index (χ2n) is 4.60. The summed E-state index contributed by atoms with van der Waals surface area (Å²) in [4.78, 5) is 0. The lowest BCUT2D eigenvalue weighted by Gasteiger charge is -1.99. The lowest BCUT2D eigenvalue weighted by molar-refractivity contribution is 0.282. The molecule has 0 amide bonds. The molecule has 0 aliphatic carbocycles. The lowest BCUT2D eigenvalue weighted by atomic mass is 10.1. The molecule has 0 aromatic carbocycles. The van der Waals surface area contributed by atoms with Crippen LogP contribution in [0.5, 0.6) is 0 Å². The summed E-state index contributed by atoms with van der Waals surface area (Å²) in [6, 6.07) is 0. The Kier molecular flexibility index (Phi) is 14.4. The predicted molar refractivity (Wildman–Crippen MR) is 72.7 cm³/mol. The Labute approximate surface area is 102 Å². The van der Waals surface area contributed by atoms with Crippen molar-refractivity contribution in [3.63, 3.8) is 0 Å². The summed E-state index contributed by atoms with van der Waals surface area (Å²) in [7, 11) is 0. The normalized spacial score (nSPS) is 11.4. The van der Waals surface area contributed by atoms with E-state index in [1.807, 2.05) is 0 Å². The first-order valence-corrected chi connectivity index (χ1v) is 7.17. The van der Waals surface area contributed by atoms with Crippen molar-refractivity contribution in [2.75, 3.05) is 6.61 Å². The van der Waals surface area contributed by atoms with Crippen LogP contribution in [0.2, 0.25) is 0 Å². The summed E-state index contributed by atoms with van der Waals surface area (Å²) in [5, 5.41) is 8.62. The van der Waals surface area contributed by atoms with Crippen molar-refractivity contribution in [3.05, 3.63) is 12.2 Å². The smallest absolute Gasteiger partial charge is 0.0431 e. The zero-order valence-corrected chi connectivity index (χ0v) is 11.1. The van der Waals surface area contributed by atoms with Gasteiger partial charge in [-0.3, -0.25) is 0 Å². The van der Waals surface area contributed by atoms with Crippen LogP contribution in [0.4, 0.5) is 0 Å². The molecule has 1 nitrogen and oxygen atoms in total. The summed E-state index contributed by atoms with van der Waals surface area (Å²) in [6.45, 7) is 2.60. The molecular formula is C15H30O. The SMILES string of the molecule is CCCCC=CCCCCCCCCCO. The van der Waals surface area contributed by atoms with Gasteiger partial charge in [-0.1, -0.05) is 64.0 Å². The van der Waals surface area contributed by atoms with Crippen LogP contribution in [-0.4, -0.2) is 11.7 Å². The van der Waals surface area contributed by atoms with Crippen LogP contribution < -0.4 is 0 Å². The minimum atomic E-state index is 0.364. The maximum Gasteiger partial charge on any atom is 0.0431 e. The van der Waals surface area contributed by atoms with E-state index in [0.29, 0.717) is 6.61 Å². The Balaban J connectivity index is 2.95. The van der Waals surface area contributed by atoms with E-state index in [-0.39, 0.29) is 0 Å². The predicted octanol–water partition coefficient (Wildman–Crippen LogP) is 4.85. The Morgan fingerprint density at radius 1 is 0.688 bits per heavy atom. The molecule has 0 radical (unpaired) electrons. The Bertz CT molecular complexity index is 140. The van der Waals surface area contributed by atoms with Crippen LogP contribution in [0.1, 0.15) is 77.6 Å². The van der Waals surface area contributed by atoms with E-state index in [1.54, 1.807) is 0 Å². The molecule has 0 saturated heterocycles. The van der Waals surface area contributed by atoms with Gasteiger partial charge in [-0.25, -0.2) is 0 Å². The van der Waals surface area contributed by atoms with E-state index in [0.717, 1.165) is 6.42 Å². The van der Waals surface area contributed by atoms with E-state index >= 15 is 0 Å². The van der Waals surface area contributed by atoms with Crippen molar-refractivity contribution in [3.8, 4) is 0 Å². The van der Waals surface area contributed by atoms with Gasteiger partial charge in [0, 0.05) is 6.61 Å². The monoisotopic (exact) mass is 226 g/mol. The van der Waals surface area contributed by atoms with Gasteiger partial charge in [-0.2, -0.15) is 0 Å². The summed E-state index contributed by atoms with van der Waals surface area (Å²) in [5.41, 5.74) is 0. The molecule has 0 bridgehead atoms. The van der Waals surface area contributed by atoms with Gasteiger partial charge >= 0.3 is 0 Å². The topological polar surface area (TPSA) is 20.2 Å². The highest BCUT2D eigenvalue weighted by atomic mass is 16.2. The molecule has 0 atom stereocenters. The van der Waals surface area contributed by atoms with Crippen molar-refractivity contribution in [1.82, 2.24) is 0 Å². The zero-order valence-electron chi connectivity index (χ0n) is 11.1. The third-order valence-corrected chi connectivity index (χ3v) is 2.92. The highest BCUT2D eigenvalue weighted by molar-refractivity contribution is 4.80. The van der Waals surface area contributed by atoms with Gasteiger partial charge in [0.2, 0.25) is 0 Å². The second kappa shape index (κ2) is 14.7. The van der Waals surface area contributed by atoms with Gasteiger partial charge < -0.3 is 5.11 Å². The van der Waals surface area contributed by atoms with Crippen LogP contribution in [0.15, 0.2) is 12.2 Å². The summed E-state index contributed by atoms with van der Waals surface area (Å²) in [5.74, 6) is 0. The van der Waals surface area contributed by atoms with Gasteiger partial charge in [0.15, 0.2) is 0 Å². The number of aliphatic hydroxyl groups excluding tert-OH is 1. The molecule has 0 fully saturated rings. The fraction of sp³-hybridized carbons (Fsp3) is 0.867. The van der Waals surface area contributed by atoms with E-state index in [4.69, 9.17) is 5.11 Å². The first kappa shape index (κ1) is 15.7. The van der Waals surface area contributed by atoms with E-state index in [1.165, 1.54) is 64.2 Å². The fourth-order valence-electron chi connectivity index (χ4n) is 1.82.